The van der Waals surface area contributed by atoms with Gasteiger partial charge in [0.15, 0.2) is 5.13 Å². The molecule has 0 spiro atoms. The Kier molecular flexibility index (Phi) is 7.50. The third kappa shape index (κ3) is 5.07. The summed E-state index contributed by atoms with van der Waals surface area (Å²) >= 11 is 1.20. The zero-order valence-corrected chi connectivity index (χ0v) is 13.0. The second-order valence-corrected chi connectivity index (χ2v) is 5.07. The van der Waals surface area contributed by atoms with E-state index in [0.29, 0.717) is 50.3 Å². The van der Waals surface area contributed by atoms with Gasteiger partial charge in [0.25, 0.3) is 0 Å². The molecule has 0 saturated heterocycles. The summed E-state index contributed by atoms with van der Waals surface area (Å²) in [5, 5.41) is 9.80. The fourth-order valence-corrected chi connectivity index (χ4v) is 2.61. The van der Waals surface area contributed by atoms with Crippen molar-refractivity contribution < 1.29 is 19.4 Å². The summed E-state index contributed by atoms with van der Waals surface area (Å²) in [6.45, 7) is 9.45. The lowest BCUT2D eigenvalue weighted by atomic mass is 10.4. The highest BCUT2D eigenvalue weighted by atomic mass is 32.1. The summed E-state index contributed by atoms with van der Waals surface area (Å²) in [4.78, 5) is 17.7. The van der Waals surface area contributed by atoms with Crippen LogP contribution in [0.15, 0.2) is 0 Å². The highest BCUT2D eigenvalue weighted by Gasteiger charge is 2.18. The van der Waals surface area contributed by atoms with Crippen LogP contribution >= 0.6 is 11.3 Å². The number of rotatable bonds is 10. The van der Waals surface area contributed by atoms with Crippen LogP contribution in [-0.4, -0.2) is 55.6 Å². The van der Waals surface area contributed by atoms with Crippen LogP contribution in [0.3, 0.4) is 0 Å². The summed E-state index contributed by atoms with van der Waals surface area (Å²) in [5.74, 6) is -0.930. The van der Waals surface area contributed by atoms with Crippen LogP contribution in [0.5, 0.6) is 0 Å². The summed E-state index contributed by atoms with van der Waals surface area (Å²) in [6, 6.07) is 0. The fraction of sp³-hybridized carbons (Fsp3) is 0.692. The third-order valence-corrected chi connectivity index (χ3v) is 3.88. The van der Waals surface area contributed by atoms with Gasteiger partial charge in [0.2, 0.25) is 0 Å². The highest BCUT2D eigenvalue weighted by Crippen LogP contribution is 2.25. The van der Waals surface area contributed by atoms with Crippen molar-refractivity contribution in [3.63, 3.8) is 0 Å². The molecule has 1 aromatic rings. The van der Waals surface area contributed by atoms with Crippen molar-refractivity contribution in [3.05, 3.63) is 10.6 Å². The number of carbonyl (C=O) groups is 1. The Labute approximate surface area is 123 Å². The van der Waals surface area contributed by atoms with Crippen LogP contribution in [0.4, 0.5) is 5.13 Å². The summed E-state index contributed by atoms with van der Waals surface area (Å²) in [5.41, 5.74) is 0.551. The molecule has 1 aromatic heterocycles. The Morgan fingerprint density at radius 1 is 1.25 bits per heavy atom. The number of carboxylic acids is 1. The van der Waals surface area contributed by atoms with Crippen LogP contribution in [0.25, 0.3) is 0 Å². The van der Waals surface area contributed by atoms with Gasteiger partial charge in [-0.05, 0) is 20.8 Å². The van der Waals surface area contributed by atoms with Gasteiger partial charge in [-0.25, -0.2) is 9.78 Å². The molecule has 0 amide bonds. The van der Waals surface area contributed by atoms with Crippen molar-refractivity contribution in [3.8, 4) is 0 Å². The topological polar surface area (TPSA) is 71.9 Å². The van der Waals surface area contributed by atoms with Crippen molar-refractivity contribution in [2.24, 2.45) is 0 Å². The van der Waals surface area contributed by atoms with Gasteiger partial charge in [-0.3, -0.25) is 0 Å². The molecule has 6 nitrogen and oxygen atoms in total. The SMILES string of the molecule is CCOCCN(CCOCC)c1nc(C)c(C(=O)O)s1. The number of thiazole rings is 1. The summed E-state index contributed by atoms with van der Waals surface area (Å²) < 4.78 is 10.7. The lowest BCUT2D eigenvalue weighted by Crippen LogP contribution is -2.31. The van der Waals surface area contributed by atoms with E-state index in [0.717, 1.165) is 0 Å². The molecule has 0 aromatic carbocycles. The Morgan fingerprint density at radius 3 is 2.20 bits per heavy atom. The molecule has 0 radical (unpaired) electrons. The van der Waals surface area contributed by atoms with E-state index in [9.17, 15) is 4.79 Å². The molecule has 0 aliphatic heterocycles. The van der Waals surface area contributed by atoms with Gasteiger partial charge in [0.1, 0.15) is 4.88 Å². The quantitative estimate of drug-likeness (QED) is 0.667. The van der Waals surface area contributed by atoms with E-state index in [-0.39, 0.29) is 4.88 Å². The van der Waals surface area contributed by atoms with Gasteiger partial charge < -0.3 is 19.5 Å². The van der Waals surface area contributed by atoms with Crippen LogP contribution in [-0.2, 0) is 9.47 Å². The predicted octanol–water partition coefficient (Wildman–Crippen LogP) is 2.03. The maximum Gasteiger partial charge on any atom is 0.347 e. The smallest absolute Gasteiger partial charge is 0.347 e. The standard InChI is InChI=1S/C13H22N2O4S/c1-4-18-8-6-15(7-9-19-5-2)13-14-10(3)11(20-13)12(16)17/h4-9H2,1-3H3,(H,16,17). The minimum absolute atomic E-state index is 0.290. The molecule has 1 N–H and O–H groups in total. The van der Waals surface area contributed by atoms with Crippen molar-refractivity contribution in [1.29, 1.82) is 0 Å². The summed E-state index contributed by atoms with van der Waals surface area (Å²) in [7, 11) is 0. The van der Waals surface area contributed by atoms with E-state index >= 15 is 0 Å². The average Bonchev–Trinajstić information content (AvgIpc) is 2.79. The molecule has 0 saturated carbocycles. The van der Waals surface area contributed by atoms with E-state index in [4.69, 9.17) is 14.6 Å². The van der Waals surface area contributed by atoms with Gasteiger partial charge in [-0.2, -0.15) is 0 Å². The molecule has 20 heavy (non-hydrogen) atoms. The number of nitrogens with zero attached hydrogens (tertiary/aromatic N) is 2. The first-order valence-corrected chi connectivity index (χ1v) is 7.52. The number of aromatic nitrogens is 1. The molecule has 0 unspecified atom stereocenters. The minimum atomic E-state index is -0.930. The molecule has 1 heterocycles. The summed E-state index contributed by atoms with van der Waals surface area (Å²) in [6.07, 6.45) is 0. The number of aryl methyl sites for hydroxylation is 1. The van der Waals surface area contributed by atoms with Gasteiger partial charge in [0, 0.05) is 26.3 Å². The van der Waals surface area contributed by atoms with Crippen molar-refractivity contribution in [2.75, 3.05) is 44.4 Å². The van der Waals surface area contributed by atoms with E-state index in [1.54, 1.807) is 6.92 Å². The zero-order valence-electron chi connectivity index (χ0n) is 12.2. The van der Waals surface area contributed by atoms with Crippen LogP contribution in [0.1, 0.15) is 29.2 Å². The van der Waals surface area contributed by atoms with E-state index in [1.165, 1.54) is 11.3 Å². The second-order valence-electron chi connectivity index (χ2n) is 4.10. The third-order valence-electron chi connectivity index (χ3n) is 2.67. The van der Waals surface area contributed by atoms with Crippen LogP contribution in [0, 0.1) is 6.92 Å². The lowest BCUT2D eigenvalue weighted by Gasteiger charge is -2.21. The van der Waals surface area contributed by atoms with Crippen LogP contribution < -0.4 is 4.90 Å². The van der Waals surface area contributed by atoms with Crippen molar-refractivity contribution in [2.45, 2.75) is 20.8 Å². The molecular formula is C13H22N2O4S. The van der Waals surface area contributed by atoms with E-state index in [2.05, 4.69) is 4.98 Å². The fourth-order valence-electron chi connectivity index (χ4n) is 1.66. The van der Waals surface area contributed by atoms with Gasteiger partial charge in [0.05, 0.1) is 18.9 Å². The van der Waals surface area contributed by atoms with Gasteiger partial charge in [-0.15, -0.1) is 0 Å². The van der Waals surface area contributed by atoms with Gasteiger partial charge >= 0.3 is 5.97 Å². The largest absolute Gasteiger partial charge is 0.477 e. The monoisotopic (exact) mass is 302 g/mol. The lowest BCUT2D eigenvalue weighted by molar-refractivity contribution is 0.0701. The molecule has 114 valence electrons. The maximum absolute atomic E-state index is 11.1. The second kappa shape index (κ2) is 8.89. The molecule has 0 aliphatic rings. The van der Waals surface area contributed by atoms with Crippen molar-refractivity contribution >= 4 is 22.4 Å². The number of ether oxygens (including phenoxy) is 2. The van der Waals surface area contributed by atoms with E-state index < -0.39 is 5.97 Å². The Bertz CT molecular complexity index is 413. The first-order chi connectivity index (χ1) is 9.60. The molecule has 7 heteroatoms. The minimum Gasteiger partial charge on any atom is -0.477 e. The first kappa shape index (κ1) is 16.9. The molecular weight excluding hydrogens is 280 g/mol. The number of hydrogen-bond acceptors (Lipinski definition) is 6. The Morgan fingerprint density at radius 2 is 1.80 bits per heavy atom. The molecule has 0 aliphatic carbocycles. The predicted molar refractivity (Wildman–Crippen MR) is 79.0 cm³/mol. The van der Waals surface area contributed by atoms with Gasteiger partial charge in [-0.1, -0.05) is 11.3 Å². The van der Waals surface area contributed by atoms with Crippen molar-refractivity contribution in [1.82, 2.24) is 4.98 Å². The molecule has 1 rings (SSSR count). The normalized spacial score (nSPS) is 10.8. The number of aromatic carboxylic acids is 1. The number of carboxylic acid groups (broad SMARTS) is 1. The molecule has 0 bridgehead atoms. The highest BCUT2D eigenvalue weighted by molar-refractivity contribution is 7.17. The Hall–Kier alpha value is -1.18. The zero-order chi connectivity index (χ0) is 15.0. The molecule has 0 fully saturated rings. The van der Waals surface area contributed by atoms with Crippen LogP contribution in [0.2, 0.25) is 0 Å². The molecule has 0 atom stereocenters. The van der Waals surface area contributed by atoms with E-state index in [1.807, 2.05) is 18.7 Å². The average molecular weight is 302 g/mol. The Balaban J connectivity index is 2.74. The maximum atomic E-state index is 11.1. The first-order valence-electron chi connectivity index (χ1n) is 6.71. The number of hydrogen-bond donors (Lipinski definition) is 1. The number of anilines is 1.